The van der Waals surface area contributed by atoms with E-state index < -0.39 is 0 Å². The van der Waals surface area contributed by atoms with Gasteiger partial charge in [0, 0.05) is 38.2 Å². The number of hydrogen-bond acceptors (Lipinski definition) is 2. The van der Waals surface area contributed by atoms with E-state index in [-0.39, 0.29) is 31.1 Å². The minimum Gasteiger partial charge on any atom is -0.419 e. The van der Waals surface area contributed by atoms with Crippen molar-refractivity contribution in [1.29, 1.82) is 0 Å². The summed E-state index contributed by atoms with van der Waals surface area (Å²) in [5.74, 6) is 0.614. The van der Waals surface area contributed by atoms with Crippen LogP contribution < -0.4 is 0 Å². The summed E-state index contributed by atoms with van der Waals surface area (Å²) in [5, 5.41) is 0. The normalized spacial score (nSPS) is 14.6. The molecule has 0 atom stereocenters. The molecular weight excluding hydrogens is 424 g/mol. The predicted molar refractivity (Wildman–Crippen MR) is 68.2 cm³/mol. The fraction of sp³-hybridized carbons (Fsp3) is 0.692. The first-order chi connectivity index (χ1) is 7.27. The maximum absolute atomic E-state index is 10.2. The Kier molecular flexibility index (Phi) is 20.3. The Balaban J connectivity index is -0.000000305. The maximum atomic E-state index is 10.2. The number of nitrogens with zero attached hydrogens (tertiary/aromatic N) is 1. The van der Waals surface area contributed by atoms with Crippen molar-refractivity contribution < 1.29 is 35.9 Å². The Morgan fingerprint density at radius 2 is 1.69 bits per heavy atom. The van der Waals surface area contributed by atoms with E-state index >= 15 is 0 Å². The van der Waals surface area contributed by atoms with Gasteiger partial charge in [0.1, 0.15) is 0 Å². The van der Waals surface area contributed by atoms with Crippen molar-refractivity contribution in [2.75, 3.05) is 7.05 Å². The van der Waals surface area contributed by atoms with E-state index in [2.05, 4.69) is 4.99 Å². The van der Waals surface area contributed by atoms with Crippen LogP contribution in [0.15, 0.2) is 16.6 Å². The number of allylic oxidation sites excluding steroid dienone is 2. The molecule has 0 unspecified atom stereocenters. The van der Waals surface area contributed by atoms with Crippen molar-refractivity contribution in [3.05, 3.63) is 11.6 Å². The van der Waals surface area contributed by atoms with E-state index in [0.29, 0.717) is 11.5 Å². The molecule has 0 aliphatic heterocycles. The molecule has 0 heterocycles. The summed E-state index contributed by atoms with van der Waals surface area (Å²) in [4.78, 5) is 14.3. The number of aliphatic imine (C=N–C) groups is 1. The van der Waals surface area contributed by atoms with Gasteiger partial charge in [-0.25, -0.2) is 0 Å². The molecular formula is C13H24NOU-. The number of carbonyl (C=O) groups excluding carboxylic acids is 1. The van der Waals surface area contributed by atoms with Crippen molar-refractivity contribution in [1.82, 2.24) is 0 Å². The molecule has 92 valence electrons. The Labute approximate surface area is 124 Å². The first kappa shape index (κ1) is 21.4. The zero-order valence-electron chi connectivity index (χ0n) is 11.4. The van der Waals surface area contributed by atoms with Gasteiger partial charge >= 0.3 is 0 Å². The molecule has 1 saturated carbocycles. The van der Waals surface area contributed by atoms with Gasteiger partial charge < -0.3 is 9.79 Å². The van der Waals surface area contributed by atoms with E-state index in [1.165, 1.54) is 12.8 Å². The monoisotopic (exact) mass is 448 g/mol. The molecule has 0 aromatic rings. The smallest absolute Gasteiger partial charge is 0.0261 e. The molecule has 0 N–H and O–H groups in total. The van der Waals surface area contributed by atoms with E-state index in [4.69, 9.17) is 0 Å². The van der Waals surface area contributed by atoms with Gasteiger partial charge in [-0.1, -0.05) is 34.6 Å². The standard InChI is InChI=1S/C9H12NO.2C2H6.U/c1-7(6-11)5-9(10-2)8-3-4-8;2*1-2;/h5,8H,3-4H2,1-2H3;2*1-2H3;/q-1;;;/b7-5+,10-9?;;;. The van der Waals surface area contributed by atoms with Gasteiger partial charge in [0.15, 0.2) is 0 Å². The molecule has 1 rings (SSSR count). The molecule has 0 aromatic heterocycles. The summed E-state index contributed by atoms with van der Waals surface area (Å²) in [7, 11) is 1.77. The second-order valence-corrected chi connectivity index (χ2v) is 2.85. The van der Waals surface area contributed by atoms with Gasteiger partial charge in [-0.05, 0) is 30.8 Å². The molecule has 3 heteroatoms. The van der Waals surface area contributed by atoms with E-state index in [0.717, 1.165) is 5.71 Å². The van der Waals surface area contributed by atoms with Gasteiger partial charge in [-0.15, -0.1) is 0 Å². The maximum Gasteiger partial charge on any atom is 0.0261 e. The zero-order valence-corrected chi connectivity index (χ0v) is 15.6. The average Bonchev–Trinajstić information content (AvgIpc) is 3.15. The second-order valence-electron chi connectivity index (χ2n) is 2.85. The molecule has 0 bridgehead atoms. The average molecular weight is 448 g/mol. The second kappa shape index (κ2) is 15.1. The Hall–Kier alpha value is 0.132. The quantitative estimate of drug-likeness (QED) is 0.369. The molecule has 1 aliphatic carbocycles. The fourth-order valence-corrected chi connectivity index (χ4v) is 0.995. The Morgan fingerprint density at radius 1 is 1.25 bits per heavy atom. The van der Waals surface area contributed by atoms with Gasteiger partial charge in [-0.3, -0.25) is 0 Å². The van der Waals surface area contributed by atoms with Crippen LogP contribution in [0.1, 0.15) is 47.5 Å². The molecule has 1 fully saturated rings. The van der Waals surface area contributed by atoms with Crippen molar-refractivity contribution in [3.63, 3.8) is 0 Å². The molecule has 0 amide bonds. The van der Waals surface area contributed by atoms with Crippen LogP contribution in [0.25, 0.3) is 0 Å². The summed E-state index contributed by atoms with van der Waals surface area (Å²) >= 11 is 0. The third-order valence-electron chi connectivity index (χ3n) is 1.78. The van der Waals surface area contributed by atoms with Gasteiger partial charge in [0.25, 0.3) is 0 Å². The number of rotatable bonds is 3. The minimum atomic E-state index is 0. The van der Waals surface area contributed by atoms with E-state index in [1.807, 2.05) is 40.1 Å². The first-order valence-corrected chi connectivity index (χ1v) is 5.81. The summed E-state index contributed by atoms with van der Waals surface area (Å²) in [6, 6.07) is 0. The van der Waals surface area contributed by atoms with Gasteiger partial charge in [-0.2, -0.15) is 11.6 Å². The van der Waals surface area contributed by atoms with Crippen LogP contribution in [-0.2, 0) is 4.79 Å². The third kappa shape index (κ3) is 10.6. The first-order valence-electron chi connectivity index (χ1n) is 5.81. The number of hydrogen-bond donors (Lipinski definition) is 0. The summed E-state index contributed by atoms with van der Waals surface area (Å²) in [6.45, 7) is 9.75. The zero-order chi connectivity index (χ0) is 12.3. The topological polar surface area (TPSA) is 29.4 Å². The molecule has 2 nitrogen and oxygen atoms in total. The molecule has 0 aromatic carbocycles. The fourth-order valence-electron chi connectivity index (χ4n) is 0.995. The van der Waals surface area contributed by atoms with Crippen LogP contribution in [0.4, 0.5) is 0 Å². The van der Waals surface area contributed by atoms with E-state index in [1.54, 1.807) is 14.0 Å². The van der Waals surface area contributed by atoms with Crippen molar-refractivity contribution >= 4 is 12.0 Å². The summed E-state index contributed by atoms with van der Waals surface area (Å²) in [6.07, 6.45) is 6.10. The molecule has 16 heavy (non-hydrogen) atoms. The van der Waals surface area contributed by atoms with Crippen molar-refractivity contribution in [2.45, 2.75) is 47.5 Å². The van der Waals surface area contributed by atoms with Crippen LogP contribution in [0.5, 0.6) is 0 Å². The Morgan fingerprint density at radius 3 is 1.94 bits per heavy atom. The molecule has 0 saturated heterocycles. The SMILES string of the molecule is CC.CC.CN=C(/C=C(\C)[C-]=O)C1CC1.[U]. The van der Waals surface area contributed by atoms with Crippen LogP contribution in [0, 0.1) is 37.0 Å². The van der Waals surface area contributed by atoms with E-state index in [9.17, 15) is 4.79 Å². The molecule has 0 spiro atoms. The van der Waals surface area contributed by atoms with Gasteiger partial charge in [0.05, 0.1) is 0 Å². The van der Waals surface area contributed by atoms with Crippen molar-refractivity contribution in [2.24, 2.45) is 10.9 Å². The Bertz CT molecular complexity index is 218. The van der Waals surface area contributed by atoms with Gasteiger partial charge in [0.2, 0.25) is 0 Å². The van der Waals surface area contributed by atoms with Crippen LogP contribution in [0.3, 0.4) is 0 Å². The van der Waals surface area contributed by atoms with Crippen molar-refractivity contribution in [3.8, 4) is 0 Å². The summed E-state index contributed by atoms with van der Waals surface area (Å²) in [5.41, 5.74) is 1.68. The minimum absolute atomic E-state index is 0. The predicted octanol–water partition coefficient (Wildman–Crippen LogP) is 3.58. The largest absolute Gasteiger partial charge is 0.419 e. The molecule has 0 radical (unpaired) electrons. The third-order valence-corrected chi connectivity index (χ3v) is 1.78. The van der Waals surface area contributed by atoms with Crippen LogP contribution in [0.2, 0.25) is 0 Å². The van der Waals surface area contributed by atoms with Crippen LogP contribution >= 0.6 is 0 Å². The van der Waals surface area contributed by atoms with Crippen LogP contribution in [-0.4, -0.2) is 19.0 Å². The molecule has 1 aliphatic rings. The summed E-state index contributed by atoms with van der Waals surface area (Å²) < 4.78 is 0.